The number of ether oxygens (including phenoxy) is 2. The second-order valence-electron chi connectivity index (χ2n) is 5.95. The van der Waals surface area contributed by atoms with Crippen molar-refractivity contribution in [3.8, 4) is 11.5 Å². The highest BCUT2D eigenvalue weighted by Gasteiger charge is 2.20. The third kappa shape index (κ3) is 4.20. The average Bonchev–Trinajstić information content (AvgIpc) is 2.60. The molecule has 0 spiro atoms. The quantitative estimate of drug-likeness (QED) is 0.795. The number of hydrogen-bond donors (Lipinski definition) is 1. The molecule has 0 fully saturated rings. The first-order valence-corrected chi connectivity index (χ1v) is 8.47. The number of nitrogens with zero attached hydrogens (tertiary/aromatic N) is 1. The van der Waals surface area contributed by atoms with Gasteiger partial charge < -0.3 is 20.1 Å². The average molecular weight is 328 g/mol. The molecule has 2 N–H and O–H groups in total. The van der Waals surface area contributed by atoms with Crippen LogP contribution in [0.5, 0.6) is 11.5 Å². The highest BCUT2D eigenvalue weighted by Crippen LogP contribution is 2.34. The van der Waals surface area contributed by atoms with Gasteiger partial charge in [0.05, 0.1) is 19.3 Å². The van der Waals surface area contributed by atoms with E-state index >= 15 is 0 Å². The van der Waals surface area contributed by atoms with Crippen molar-refractivity contribution in [2.24, 2.45) is 5.73 Å². The van der Waals surface area contributed by atoms with Crippen molar-refractivity contribution in [1.29, 1.82) is 0 Å². The maximum absolute atomic E-state index is 6.12. The van der Waals surface area contributed by atoms with Gasteiger partial charge >= 0.3 is 0 Å². The Bertz CT molecular complexity index is 629. The van der Waals surface area contributed by atoms with Crippen molar-refractivity contribution < 1.29 is 9.47 Å². The maximum Gasteiger partial charge on any atom is 0.161 e. The van der Waals surface area contributed by atoms with Gasteiger partial charge in [0.2, 0.25) is 0 Å². The van der Waals surface area contributed by atoms with Gasteiger partial charge in [-0.1, -0.05) is 24.3 Å². The summed E-state index contributed by atoms with van der Waals surface area (Å²) >= 11 is 0. The Morgan fingerprint density at radius 3 is 2.29 bits per heavy atom. The third-order valence-corrected chi connectivity index (χ3v) is 3.96. The molecule has 24 heavy (non-hydrogen) atoms. The van der Waals surface area contributed by atoms with E-state index in [1.165, 1.54) is 0 Å². The molecule has 0 aromatic heterocycles. The zero-order chi connectivity index (χ0) is 17.5. The van der Waals surface area contributed by atoms with Gasteiger partial charge in [-0.3, -0.25) is 0 Å². The second-order valence-corrected chi connectivity index (χ2v) is 5.95. The number of para-hydroxylation sites is 1. The van der Waals surface area contributed by atoms with Crippen molar-refractivity contribution in [1.82, 2.24) is 0 Å². The van der Waals surface area contributed by atoms with Gasteiger partial charge in [-0.2, -0.15) is 0 Å². The normalized spacial score (nSPS) is 12.1. The lowest BCUT2D eigenvalue weighted by Gasteiger charge is -2.32. The molecule has 0 aliphatic carbocycles. The Morgan fingerprint density at radius 1 is 1.04 bits per heavy atom. The summed E-state index contributed by atoms with van der Waals surface area (Å²) in [6, 6.07) is 16.5. The SMILES string of the molecule is CCN(c1ccccc1)C(CN)c1ccc(OC(C)C)c(OC)c1. The lowest BCUT2D eigenvalue weighted by Crippen LogP contribution is -2.33. The molecule has 2 aromatic carbocycles. The van der Waals surface area contributed by atoms with E-state index in [0.29, 0.717) is 6.54 Å². The van der Waals surface area contributed by atoms with Gasteiger partial charge in [0.25, 0.3) is 0 Å². The van der Waals surface area contributed by atoms with Crippen LogP contribution in [-0.2, 0) is 0 Å². The minimum atomic E-state index is 0.0828. The molecule has 0 radical (unpaired) electrons. The van der Waals surface area contributed by atoms with Crippen molar-refractivity contribution in [2.45, 2.75) is 32.9 Å². The van der Waals surface area contributed by atoms with Crippen LogP contribution in [0.2, 0.25) is 0 Å². The molecular formula is C20H28N2O2. The van der Waals surface area contributed by atoms with Crippen molar-refractivity contribution in [3.63, 3.8) is 0 Å². The molecule has 0 bridgehead atoms. The molecule has 1 unspecified atom stereocenters. The Balaban J connectivity index is 2.35. The fourth-order valence-electron chi connectivity index (χ4n) is 2.89. The summed E-state index contributed by atoms with van der Waals surface area (Å²) in [7, 11) is 1.67. The Labute approximate surface area is 145 Å². The molecule has 0 aliphatic rings. The van der Waals surface area contributed by atoms with Crippen LogP contribution in [0.25, 0.3) is 0 Å². The first kappa shape index (κ1) is 18.1. The van der Waals surface area contributed by atoms with E-state index in [9.17, 15) is 0 Å². The molecule has 2 rings (SSSR count). The van der Waals surface area contributed by atoms with E-state index in [-0.39, 0.29) is 12.1 Å². The van der Waals surface area contributed by atoms with Gasteiger partial charge in [-0.25, -0.2) is 0 Å². The van der Waals surface area contributed by atoms with E-state index in [2.05, 4.69) is 30.0 Å². The van der Waals surface area contributed by atoms with Gasteiger partial charge in [0.15, 0.2) is 11.5 Å². The summed E-state index contributed by atoms with van der Waals surface area (Å²) in [5, 5.41) is 0. The van der Waals surface area contributed by atoms with Gasteiger partial charge in [-0.05, 0) is 50.6 Å². The number of benzene rings is 2. The fraction of sp³-hybridized carbons (Fsp3) is 0.400. The van der Waals surface area contributed by atoms with E-state index in [1.54, 1.807) is 7.11 Å². The number of rotatable bonds is 8. The Kier molecular flexibility index (Phi) is 6.50. The van der Waals surface area contributed by atoms with Crippen LogP contribution in [0.3, 0.4) is 0 Å². The highest BCUT2D eigenvalue weighted by atomic mass is 16.5. The van der Waals surface area contributed by atoms with E-state index in [4.69, 9.17) is 15.2 Å². The molecule has 1 atom stereocenters. The molecular weight excluding hydrogens is 300 g/mol. The molecule has 0 saturated heterocycles. The van der Waals surface area contributed by atoms with Crippen LogP contribution < -0.4 is 20.1 Å². The van der Waals surface area contributed by atoms with Crippen LogP contribution >= 0.6 is 0 Å². The zero-order valence-corrected chi connectivity index (χ0v) is 15.0. The lowest BCUT2D eigenvalue weighted by atomic mass is 10.0. The monoisotopic (exact) mass is 328 g/mol. The number of methoxy groups -OCH3 is 1. The van der Waals surface area contributed by atoms with Gasteiger partial charge in [0, 0.05) is 18.8 Å². The summed E-state index contributed by atoms with van der Waals surface area (Å²) in [6.07, 6.45) is 0.103. The number of anilines is 1. The minimum Gasteiger partial charge on any atom is -0.493 e. The first-order valence-electron chi connectivity index (χ1n) is 8.47. The van der Waals surface area contributed by atoms with Crippen molar-refractivity contribution in [2.75, 3.05) is 25.1 Å². The summed E-state index contributed by atoms with van der Waals surface area (Å²) < 4.78 is 11.3. The molecule has 0 amide bonds. The smallest absolute Gasteiger partial charge is 0.161 e. The lowest BCUT2D eigenvalue weighted by molar-refractivity contribution is 0.230. The van der Waals surface area contributed by atoms with E-state index in [0.717, 1.165) is 29.3 Å². The molecule has 4 nitrogen and oxygen atoms in total. The minimum absolute atomic E-state index is 0.0828. The summed E-state index contributed by atoms with van der Waals surface area (Å²) in [6.45, 7) is 7.55. The second kappa shape index (κ2) is 8.60. The fourth-order valence-corrected chi connectivity index (χ4v) is 2.89. The van der Waals surface area contributed by atoms with Crippen molar-refractivity contribution in [3.05, 3.63) is 54.1 Å². The van der Waals surface area contributed by atoms with E-state index < -0.39 is 0 Å². The standard InChI is InChI=1S/C20H28N2O2/c1-5-22(17-9-7-6-8-10-17)18(14-21)16-11-12-19(24-15(2)3)20(13-16)23-4/h6-13,15,18H,5,14,21H2,1-4H3. The highest BCUT2D eigenvalue weighted by molar-refractivity contribution is 5.51. The van der Waals surface area contributed by atoms with Crippen LogP contribution in [0.1, 0.15) is 32.4 Å². The molecule has 0 saturated carbocycles. The number of nitrogens with two attached hydrogens (primary N) is 1. The Morgan fingerprint density at radius 2 is 1.75 bits per heavy atom. The summed E-state index contributed by atoms with van der Waals surface area (Å²) in [5.74, 6) is 1.50. The molecule has 0 heterocycles. The maximum atomic E-state index is 6.12. The van der Waals surface area contributed by atoms with Gasteiger partial charge in [-0.15, -0.1) is 0 Å². The molecule has 130 valence electrons. The third-order valence-electron chi connectivity index (χ3n) is 3.96. The first-order chi connectivity index (χ1) is 11.6. The topological polar surface area (TPSA) is 47.7 Å². The number of likely N-dealkylation sites (N-methyl/N-ethyl adjacent to an activating group) is 1. The summed E-state index contributed by atoms with van der Waals surface area (Å²) in [4.78, 5) is 2.30. The predicted molar refractivity (Wildman–Crippen MR) is 100 cm³/mol. The Hall–Kier alpha value is -2.20. The van der Waals surface area contributed by atoms with Gasteiger partial charge in [0.1, 0.15) is 0 Å². The number of hydrogen-bond acceptors (Lipinski definition) is 4. The van der Waals surface area contributed by atoms with Crippen LogP contribution in [0.4, 0.5) is 5.69 Å². The largest absolute Gasteiger partial charge is 0.493 e. The van der Waals surface area contributed by atoms with Crippen LogP contribution in [-0.4, -0.2) is 26.3 Å². The molecule has 4 heteroatoms. The molecule has 0 aliphatic heterocycles. The molecule has 2 aromatic rings. The predicted octanol–water partition coefficient (Wildman–Crippen LogP) is 4.01. The summed E-state index contributed by atoms with van der Waals surface area (Å²) in [5.41, 5.74) is 8.40. The van der Waals surface area contributed by atoms with E-state index in [1.807, 2.05) is 44.2 Å². The van der Waals surface area contributed by atoms with Crippen molar-refractivity contribution >= 4 is 5.69 Å². The van der Waals surface area contributed by atoms with Crippen LogP contribution in [0.15, 0.2) is 48.5 Å². The van der Waals surface area contributed by atoms with Crippen LogP contribution in [0, 0.1) is 0 Å². The zero-order valence-electron chi connectivity index (χ0n) is 15.0.